The highest BCUT2D eigenvalue weighted by atomic mass is 16.5. The van der Waals surface area contributed by atoms with Crippen molar-refractivity contribution in [3.05, 3.63) is 23.7 Å². The summed E-state index contributed by atoms with van der Waals surface area (Å²) in [4.78, 5) is 10.7. The average molecular weight is 210 g/mol. The first-order valence-electron chi connectivity index (χ1n) is 5.17. The second-order valence-corrected chi connectivity index (χ2v) is 3.69. The average Bonchev–Trinajstić information content (AvgIpc) is 2.86. The summed E-state index contributed by atoms with van der Waals surface area (Å²) in [5.41, 5.74) is 0. The molecule has 1 aromatic rings. The number of rotatable bonds is 3. The Bertz CT molecular complexity index is 355. The van der Waals surface area contributed by atoms with Gasteiger partial charge in [-0.3, -0.25) is 0 Å². The van der Waals surface area contributed by atoms with Gasteiger partial charge in [-0.25, -0.2) is 4.79 Å². The van der Waals surface area contributed by atoms with Crippen LogP contribution in [0.25, 0.3) is 0 Å². The molecule has 2 atom stereocenters. The topological polar surface area (TPSA) is 59.7 Å². The molecule has 1 aliphatic rings. The molecule has 0 saturated carbocycles. The number of carbonyl (C=O) groups is 1. The fraction of sp³-hybridized carbons (Fsp3) is 0.545. The molecule has 0 aliphatic carbocycles. The first-order valence-corrected chi connectivity index (χ1v) is 5.17. The number of ether oxygens (including phenoxy) is 1. The molecule has 2 unspecified atom stereocenters. The predicted octanol–water partition coefficient (Wildman–Crippen LogP) is 2.15. The molecule has 15 heavy (non-hydrogen) atoms. The molecule has 0 radical (unpaired) electrons. The second-order valence-electron chi connectivity index (χ2n) is 3.69. The Morgan fingerprint density at radius 1 is 1.53 bits per heavy atom. The quantitative estimate of drug-likeness (QED) is 0.830. The van der Waals surface area contributed by atoms with Gasteiger partial charge in [0.25, 0.3) is 0 Å². The lowest BCUT2D eigenvalue weighted by Crippen LogP contribution is -2.18. The van der Waals surface area contributed by atoms with E-state index >= 15 is 0 Å². The summed E-state index contributed by atoms with van der Waals surface area (Å²) >= 11 is 0. The Morgan fingerprint density at radius 2 is 2.33 bits per heavy atom. The van der Waals surface area contributed by atoms with Gasteiger partial charge < -0.3 is 14.3 Å². The van der Waals surface area contributed by atoms with E-state index in [-0.39, 0.29) is 6.10 Å². The Balaban J connectivity index is 2.04. The van der Waals surface area contributed by atoms with Crippen molar-refractivity contribution in [2.45, 2.75) is 38.4 Å². The third-order valence-electron chi connectivity index (χ3n) is 2.64. The van der Waals surface area contributed by atoms with E-state index in [1.54, 1.807) is 0 Å². The van der Waals surface area contributed by atoms with E-state index in [4.69, 9.17) is 14.3 Å². The largest absolute Gasteiger partial charge is 0.479 e. The van der Waals surface area contributed by atoms with Crippen LogP contribution >= 0.6 is 0 Å². The molecule has 2 heterocycles. The van der Waals surface area contributed by atoms with Crippen molar-refractivity contribution in [1.82, 2.24) is 0 Å². The van der Waals surface area contributed by atoms with Crippen LogP contribution in [-0.4, -0.2) is 17.2 Å². The first-order chi connectivity index (χ1) is 7.20. The van der Waals surface area contributed by atoms with Gasteiger partial charge in [0.15, 0.2) is 6.10 Å². The van der Waals surface area contributed by atoms with Crippen molar-refractivity contribution in [3.8, 4) is 0 Å². The van der Waals surface area contributed by atoms with Crippen molar-refractivity contribution in [3.63, 3.8) is 0 Å². The number of carboxylic acids is 1. The maximum absolute atomic E-state index is 10.7. The van der Waals surface area contributed by atoms with Gasteiger partial charge in [-0.05, 0) is 25.0 Å². The van der Waals surface area contributed by atoms with Crippen molar-refractivity contribution in [1.29, 1.82) is 0 Å². The third kappa shape index (κ3) is 2.04. The van der Waals surface area contributed by atoms with Crippen LogP contribution in [-0.2, 0) is 16.0 Å². The summed E-state index contributed by atoms with van der Waals surface area (Å²) in [7, 11) is 0. The van der Waals surface area contributed by atoms with E-state index in [1.165, 1.54) is 0 Å². The molecule has 1 fully saturated rings. The van der Waals surface area contributed by atoms with Crippen molar-refractivity contribution < 1.29 is 19.1 Å². The number of aryl methyl sites for hydroxylation is 1. The van der Waals surface area contributed by atoms with Crippen LogP contribution in [0, 0.1) is 0 Å². The van der Waals surface area contributed by atoms with Crippen molar-refractivity contribution >= 4 is 5.97 Å². The standard InChI is InChI=1S/C11H14O4/c1-2-7-3-4-8(14-7)9-5-6-10(15-9)11(12)13/h3-4,9-10H,2,5-6H2,1H3,(H,12,13). The molecular weight excluding hydrogens is 196 g/mol. The van der Waals surface area contributed by atoms with Gasteiger partial charge in [-0.15, -0.1) is 0 Å². The highest BCUT2D eigenvalue weighted by Crippen LogP contribution is 2.33. The summed E-state index contributed by atoms with van der Waals surface area (Å²) in [6.07, 6.45) is 1.25. The summed E-state index contributed by atoms with van der Waals surface area (Å²) in [5.74, 6) is 0.766. The van der Waals surface area contributed by atoms with Crippen LogP contribution in [0.4, 0.5) is 0 Å². The molecule has 0 bridgehead atoms. The lowest BCUT2D eigenvalue weighted by atomic mass is 10.1. The van der Waals surface area contributed by atoms with E-state index in [1.807, 2.05) is 19.1 Å². The Hall–Kier alpha value is -1.29. The van der Waals surface area contributed by atoms with E-state index < -0.39 is 12.1 Å². The molecule has 1 aliphatic heterocycles. The van der Waals surface area contributed by atoms with Crippen LogP contribution in [0.3, 0.4) is 0 Å². The van der Waals surface area contributed by atoms with Crippen molar-refractivity contribution in [2.75, 3.05) is 0 Å². The number of aliphatic carboxylic acids is 1. The highest BCUT2D eigenvalue weighted by molar-refractivity contribution is 5.72. The zero-order chi connectivity index (χ0) is 10.8. The highest BCUT2D eigenvalue weighted by Gasteiger charge is 2.32. The molecule has 1 aromatic heterocycles. The van der Waals surface area contributed by atoms with Crippen molar-refractivity contribution in [2.24, 2.45) is 0 Å². The minimum absolute atomic E-state index is 0.189. The molecule has 2 rings (SSSR count). The maximum Gasteiger partial charge on any atom is 0.332 e. The minimum atomic E-state index is -0.889. The monoisotopic (exact) mass is 210 g/mol. The second kappa shape index (κ2) is 4.06. The SMILES string of the molecule is CCc1ccc(C2CCC(C(=O)O)O2)o1. The molecule has 1 N–H and O–H groups in total. The molecule has 0 amide bonds. The Labute approximate surface area is 87.8 Å². The summed E-state index contributed by atoms with van der Waals surface area (Å²) in [6.45, 7) is 2.01. The summed E-state index contributed by atoms with van der Waals surface area (Å²) < 4.78 is 10.9. The fourth-order valence-electron chi connectivity index (χ4n) is 1.79. The number of carboxylic acid groups (broad SMARTS) is 1. The predicted molar refractivity (Wildman–Crippen MR) is 52.6 cm³/mol. The van der Waals surface area contributed by atoms with Crippen LogP contribution in [0.15, 0.2) is 16.5 Å². The molecule has 4 nitrogen and oxygen atoms in total. The van der Waals surface area contributed by atoms with E-state index in [0.717, 1.165) is 17.9 Å². The van der Waals surface area contributed by atoms with E-state index in [0.29, 0.717) is 12.8 Å². The normalized spacial score (nSPS) is 25.7. The number of furan rings is 1. The molecule has 0 spiro atoms. The van der Waals surface area contributed by atoms with E-state index in [2.05, 4.69) is 0 Å². The van der Waals surface area contributed by atoms with Gasteiger partial charge in [0.2, 0.25) is 0 Å². The Kier molecular flexibility index (Phi) is 2.77. The van der Waals surface area contributed by atoms with Crippen LogP contribution in [0.5, 0.6) is 0 Å². The fourth-order valence-corrected chi connectivity index (χ4v) is 1.79. The van der Waals surface area contributed by atoms with Gasteiger partial charge in [0.05, 0.1) is 0 Å². The number of hydrogen-bond donors (Lipinski definition) is 1. The number of hydrogen-bond acceptors (Lipinski definition) is 3. The molecule has 4 heteroatoms. The van der Waals surface area contributed by atoms with Gasteiger partial charge in [-0.2, -0.15) is 0 Å². The zero-order valence-electron chi connectivity index (χ0n) is 8.60. The Morgan fingerprint density at radius 3 is 2.87 bits per heavy atom. The van der Waals surface area contributed by atoms with Gasteiger partial charge in [-0.1, -0.05) is 6.92 Å². The maximum atomic E-state index is 10.7. The first kappa shape index (κ1) is 10.2. The van der Waals surface area contributed by atoms with E-state index in [9.17, 15) is 4.79 Å². The van der Waals surface area contributed by atoms with Crippen LogP contribution in [0.1, 0.15) is 37.4 Å². The lowest BCUT2D eigenvalue weighted by Gasteiger charge is -2.07. The lowest BCUT2D eigenvalue weighted by molar-refractivity contribution is -0.149. The minimum Gasteiger partial charge on any atom is -0.479 e. The smallest absolute Gasteiger partial charge is 0.332 e. The van der Waals surface area contributed by atoms with Gasteiger partial charge >= 0.3 is 5.97 Å². The summed E-state index contributed by atoms with van der Waals surface area (Å²) in [5, 5.41) is 8.77. The molecule has 0 aromatic carbocycles. The van der Waals surface area contributed by atoms with Gasteiger partial charge in [0.1, 0.15) is 17.6 Å². The van der Waals surface area contributed by atoms with Gasteiger partial charge in [0, 0.05) is 6.42 Å². The zero-order valence-corrected chi connectivity index (χ0v) is 8.60. The van der Waals surface area contributed by atoms with Crippen LogP contribution < -0.4 is 0 Å². The molecule has 82 valence electrons. The molecular formula is C11H14O4. The molecule has 1 saturated heterocycles. The summed E-state index contributed by atoms with van der Waals surface area (Å²) in [6, 6.07) is 3.78. The van der Waals surface area contributed by atoms with Crippen LogP contribution in [0.2, 0.25) is 0 Å². The third-order valence-corrected chi connectivity index (χ3v) is 2.64.